The Morgan fingerprint density at radius 1 is 1.41 bits per heavy atom. The molecule has 0 spiro atoms. The minimum absolute atomic E-state index is 0.0628. The molecule has 3 nitrogen and oxygen atoms in total. The van der Waals surface area contributed by atoms with E-state index in [1.807, 2.05) is 6.07 Å². The monoisotopic (exact) mass is 232 g/mol. The number of nitrogens with two attached hydrogens (primary N) is 1. The molecule has 1 aliphatic carbocycles. The average Bonchev–Trinajstić information content (AvgIpc) is 2.28. The highest BCUT2D eigenvalue weighted by molar-refractivity contribution is 5.81. The molecule has 17 heavy (non-hydrogen) atoms. The predicted molar refractivity (Wildman–Crippen MR) is 68.6 cm³/mol. The summed E-state index contributed by atoms with van der Waals surface area (Å²) in [7, 11) is 0. The van der Waals surface area contributed by atoms with Crippen LogP contribution in [0.5, 0.6) is 0 Å². The third-order valence-corrected chi connectivity index (χ3v) is 3.71. The summed E-state index contributed by atoms with van der Waals surface area (Å²) in [5, 5.41) is 2.96. The van der Waals surface area contributed by atoms with Crippen molar-refractivity contribution in [1.29, 1.82) is 0 Å². The molecular weight excluding hydrogens is 212 g/mol. The lowest BCUT2D eigenvalue weighted by Crippen LogP contribution is -2.48. The zero-order chi connectivity index (χ0) is 12.3. The van der Waals surface area contributed by atoms with Gasteiger partial charge in [0.2, 0.25) is 5.91 Å². The number of hydrogen-bond donors (Lipinski definition) is 2. The van der Waals surface area contributed by atoms with Gasteiger partial charge in [-0.25, -0.2) is 0 Å². The van der Waals surface area contributed by atoms with Crippen LogP contribution < -0.4 is 11.1 Å². The second kappa shape index (κ2) is 4.88. The Morgan fingerprint density at radius 2 is 2.06 bits per heavy atom. The molecule has 1 atom stereocenters. The SMILES string of the molecule is CC(N)C(=O)NCC1(c2ccccc2)CCC1. The number of amides is 1. The zero-order valence-corrected chi connectivity index (χ0v) is 10.3. The van der Waals surface area contributed by atoms with E-state index in [0.29, 0.717) is 6.54 Å². The van der Waals surface area contributed by atoms with Gasteiger partial charge in [0.05, 0.1) is 6.04 Å². The van der Waals surface area contributed by atoms with Crippen molar-refractivity contribution in [3.63, 3.8) is 0 Å². The molecule has 1 aliphatic rings. The Morgan fingerprint density at radius 3 is 2.53 bits per heavy atom. The molecule has 92 valence electrons. The lowest BCUT2D eigenvalue weighted by Gasteiger charge is -2.42. The fraction of sp³-hybridized carbons (Fsp3) is 0.500. The first-order valence-corrected chi connectivity index (χ1v) is 6.23. The molecule has 3 N–H and O–H groups in total. The summed E-state index contributed by atoms with van der Waals surface area (Å²) in [6, 6.07) is 10.0. The molecule has 0 aliphatic heterocycles. The largest absolute Gasteiger partial charge is 0.354 e. The van der Waals surface area contributed by atoms with E-state index in [0.717, 1.165) is 12.8 Å². The Labute approximate surface area is 102 Å². The number of nitrogens with one attached hydrogen (secondary N) is 1. The van der Waals surface area contributed by atoms with E-state index in [4.69, 9.17) is 5.73 Å². The topological polar surface area (TPSA) is 55.1 Å². The molecule has 0 saturated heterocycles. The van der Waals surface area contributed by atoms with Crippen LogP contribution in [0.1, 0.15) is 31.7 Å². The Balaban J connectivity index is 2.04. The summed E-state index contributed by atoms with van der Waals surface area (Å²) in [6.07, 6.45) is 3.54. The lowest BCUT2D eigenvalue weighted by atomic mass is 9.64. The van der Waals surface area contributed by atoms with Crippen molar-refractivity contribution in [3.8, 4) is 0 Å². The van der Waals surface area contributed by atoms with Gasteiger partial charge in [-0.1, -0.05) is 36.8 Å². The minimum Gasteiger partial charge on any atom is -0.354 e. The van der Waals surface area contributed by atoms with Crippen molar-refractivity contribution in [2.75, 3.05) is 6.54 Å². The Bertz CT molecular complexity index is 382. The second-order valence-corrected chi connectivity index (χ2v) is 5.01. The Hall–Kier alpha value is -1.35. The molecule has 1 aromatic carbocycles. The van der Waals surface area contributed by atoms with Gasteiger partial charge in [0, 0.05) is 12.0 Å². The maximum Gasteiger partial charge on any atom is 0.236 e. The van der Waals surface area contributed by atoms with Gasteiger partial charge in [-0.2, -0.15) is 0 Å². The molecule has 0 aromatic heterocycles. The van der Waals surface area contributed by atoms with Crippen molar-refractivity contribution >= 4 is 5.91 Å². The van der Waals surface area contributed by atoms with E-state index < -0.39 is 6.04 Å². The molecular formula is C14H20N2O. The van der Waals surface area contributed by atoms with E-state index in [1.165, 1.54) is 12.0 Å². The highest BCUT2D eigenvalue weighted by atomic mass is 16.2. The van der Waals surface area contributed by atoms with Gasteiger partial charge in [0.25, 0.3) is 0 Å². The molecule has 1 unspecified atom stereocenters. The smallest absolute Gasteiger partial charge is 0.236 e. The van der Waals surface area contributed by atoms with Crippen LogP contribution in [0.15, 0.2) is 30.3 Å². The van der Waals surface area contributed by atoms with Crippen molar-refractivity contribution in [2.24, 2.45) is 5.73 Å². The highest BCUT2D eigenvalue weighted by Crippen LogP contribution is 2.43. The van der Waals surface area contributed by atoms with E-state index >= 15 is 0 Å². The molecule has 0 heterocycles. The summed E-state index contributed by atoms with van der Waals surface area (Å²) in [5.74, 6) is -0.0628. The summed E-state index contributed by atoms with van der Waals surface area (Å²) in [4.78, 5) is 11.5. The molecule has 1 saturated carbocycles. The number of benzene rings is 1. The van der Waals surface area contributed by atoms with Gasteiger partial charge >= 0.3 is 0 Å². The van der Waals surface area contributed by atoms with Crippen molar-refractivity contribution in [2.45, 2.75) is 37.6 Å². The Kier molecular flexibility index (Phi) is 3.48. The summed E-state index contributed by atoms with van der Waals surface area (Å²) in [6.45, 7) is 2.42. The van der Waals surface area contributed by atoms with Gasteiger partial charge in [-0.05, 0) is 25.3 Å². The van der Waals surface area contributed by atoms with Gasteiger partial charge in [0.15, 0.2) is 0 Å². The average molecular weight is 232 g/mol. The fourth-order valence-electron chi connectivity index (χ4n) is 2.38. The van der Waals surface area contributed by atoms with Crippen LogP contribution in [0.4, 0.5) is 0 Å². The molecule has 1 amide bonds. The normalized spacial score (nSPS) is 19.2. The summed E-state index contributed by atoms with van der Waals surface area (Å²) >= 11 is 0. The highest BCUT2D eigenvalue weighted by Gasteiger charge is 2.38. The molecule has 3 heteroatoms. The van der Waals surface area contributed by atoms with E-state index in [9.17, 15) is 4.79 Å². The van der Waals surface area contributed by atoms with E-state index in [-0.39, 0.29) is 11.3 Å². The first kappa shape index (κ1) is 12.1. The quantitative estimate of drug-likeness (QED) is 0.828. The van der Waals surface area contributed by atoms with Crippen molar-refractivity contribution in [3.05, 3.63) is 35.9 Å². The van der Waals surface area contributed by atoms with Crippen LogP contribution in [-0.2, 0) is 10.2 Å². The number of carbonyl (C=O) groups is 1. The summed E-state index contributed by atoms with van der Waals surface area (Å²) in [5.41, 5.74) is 7.03. The van der Waals surface area contributed by atoms with Crippen molar-refractivity contribution < 1.29 is 4.79 Å². The lowest BCUT2D eigenvalue weighted by molar-refractivity contribution is -0.122. The maximum atomic E-state index is 11.5. The maximum absolute atomic E-state index is 11.5. The molecule has 0 bridgehead atoms. The third-order valence-electron chi connectivity index (χ3n) is 3.71. The molecule has 2 rings (SSSR count). The standard InChI is InChI=1S/C14H20N2O/c1-11(15)13(17)16-10-14(8-5-9-14)12-6-3-2-4-7-12/h2-4,6-7,11H,5,8-10,15H2,1H3,(H,16,17). The zero-order valence-electron chi connectivity index (χ0n) is 10.3. The molecule has 1 fully saturated rings. The first-order valence-electron chi connectivity index (χ1n) is 6.23. The third kappa shape index (κ3) is 2.50. The fourth-order valence-corrected chi connectivity index (χ4v) is 2.38. The number of rotatable bonds is 4. The molecule has 0 radical (unpaired) electrons. The van der Waals surface area contributed by atoms with Crippen LogP contribution in [0.3, 0.4) is 0 Å². The minimum atomic E-state index is -0.428. The van der Waals surface area contributed by atoms with E-state index in [2.05, 4.69) is 29.6 Å². The second-order valence-electron chi connectivity index (χ2n) is 5.01. The van der Waals surface area contributed by atoms with E-state index in [1.54, 1.807) is 6.92 Å². The predicted octanol–water partition coefficient (Wildman–Crippen LogP) is 1.57. The van der Waals surface area contributed by atoms with Crippen LogP contribution >= 0.6 is 0 Å². The van der Waals surface area contributed by atoms with Crippen LogP contribution in [0.25, 0.3) is 0 Å². The number of hydrogen-bond acceptors (Lipinski definition) is 2. The molecule has 1 aromatic rings. The summed E-state index contributed by atoms with van der Waals surface area (Å²) < 4.78 is 0. The van der Waals surface area contributed by atoms with Crippen molar-refractivity contribution in [1.82, 2.24) is 5.32 Å². The first-order chi connectivity index (χ1) is 8.14. The van der Waals surface area contributed by atoms with Gasteiger partial charge in [0.1, 0.15) is 0 Å². The van der Waals surface area contributed by atoms with Crippen LogP contribution in [0, 0.1) is 0 Å². The van der Waals surface area contributed by atoms with Gasteiger partial charge in [-0.3, -0.25) is 4.79 Å². The van der Waals surface area contributed by atoms with Crippen LogP contribution in [0.2, 0.25) is 0 Å². The van der Waals surface area contributed by atoms with Crippen LogP contribution in [-0.4, -0.2) is 18.5 Å². The van der Waals surface area contributed by atoms with Gasteiger partial charge in [-0.15, -0.1) is 0 Å². The number of carbonyl (C=O) groups excluding carboxylic acids is 1. The van der Waals surface area contributed by atoms with Gasteiger partial charge < -0.3 is 11.1 Å².